The third-order valence-corrected chi connectivity index (χ3v) is 7.11. The van der Waals surface area contributed by atoms with Crippen LogP contribution >= 0.6 is 0 Å². The number of nitrogens with one attached hydrogen (secondary N) is 1. The molecule has 0 spiro atoms. The van der Waals surface area contributed by atoms with Crippen molar-refractivity contribution < 1.29 is 22.4 Å². The van der Waals surface area contributed by atoms with E-state index in [1.54, 1.807) is 49.4 Å². The van der Waals surface area contributed by atoms with Crippen molar-refractivity contribution in [3.63, 3.8) is 0 Å². The van der Waals surface area contributed by atoms with E-state index in [0.29, 0.717) is 0 Å². The molecule has 0 radical (unpaired) electrons. The number of carbonyl (C=O) groups excluding carboxylic acids is 2. The van der Waals surface area contributed by atoms with Crippen LogP contribution in [0.1, 0.15) is 12.5 Å². The van der Waals surface area contributed by atoms with E-state index < -0.39 is 40.2 Å². The summed E-state index contributed by atoms with van der Waals surface area (Å²) in [6.45, 7) is 0.940. The number of rotatable bonds is 9. The normalized spacial score (nSPS) is 12.0. The SMILES string of the molecule is CNC(=O)[C@@H](C)N(Cc1ccccc1)C(=O)CN(c1ccccc1F)S(=O)(=O)c1ccccc1. The van der Waals surface area contributed by atoms with Crippen molar-refractivity contribution in [3.05, 3.63) is 96.3 Å². The lowest BCUT2D eigenvalue weighted by Crippen LogP contribution is -2.50. The molecular weight excluding hydrogens is 457 g/mol. The highest BCUT2D eigenvalue weighted by Crippen LogP contribution is 2.26. The average molecular weight is 484 g/mol. The molecule has 178 valence electrons. The zero-order valence-corrected chi connectivity index (χ0v) is 19.7. The Bertz CT molecular complexity index is 1240. The number of likely N-dealkylation sites (N-methyl/N-ethyl adjacent to an activating group) is 1. The van der Waals surface area contributed by atoms with Crippen LogP contribution in [0.2, 0.25) is 0 Å². The van der Waals surface area contributed by atoms with Gasteiger partial charge in [-0.3, -0.25) is 13.9 Å². The molecule has 9 heteroatoms. The summed E-state index contributed by atoms with van der Waals surface area (Å²) in [6, 6.07) is 21.0. The number of amides is 2. The Balaban J connectivity index is 2.03. The van der Waals surface area contributed by atoms with Gasteiger partial charge in [0.05, 0.1) is 10.6 Å². The smallest absolute Gasteiger partial charge is 0.264 e. The number of nitrogens with zero attached hydrogens (tertiary/aromatic N) is 2. The van der Waals surface area contributed by atoms with Crippen LogP contribution in [0.5, 0.6) is 0 Å². The van der Waals surface area contributed by atoms with Gasteiger partial charge in [-0.25, -0.2) is 12.8 Å². The minimum absolute atomic E-state index is 0.0742. The maximum Gasteiger partial charge on any atom is 0.264 e. The van der Waals surface area contributed by atoms with Crippen LogP contribution < -0.4 is 9.62 Å². The minimum Gasteiger partial charge on any atom is -0.357 e. The van der Waals surface area contributed by atoms with Crippen molar-refractivity contribution in [2.75, 3.05) is 17.9 Å². The van der Waals surface area contributed by atoms with Gasteiger partial charge in [0.25, 0.3) is 10.0 Å². The zero-order valence-electron chi connectivity index (χ0n) is 18.9. The van der Waals surface area contributed by atoms with Gasteiger partial charge in [0.15, 0.2) is 0 Å². The molecule has 0 heterocycles. The molecule has 0 aliphatic rings. The molecule has 0 fully saturated rings. The Labute approximate surface area is 198 Å². The number of anilines is 1. The fraction of sp³-hybridized carbons (Fsp3) is 0.200. The molecule has 1 atom stereocenters. The summed E-state index contributed by atoms with van der Waals surface area (Å²) in [5, 5.41) is 2.51. The minimum atomic E-state index is -4.28. The van der Waals surface area contributed by atoms with E-state index in [9.17, 15) is 22.4 Å². The van der Waals surface area contributed by atoms with Crippen LogP contribution in [0.3, 0.4) is 0 Å². The van der Waals surface area contributed by atoms with Crippen LogP contribution in [-0.2, 0) is 26.2 Å². The summed E-state index contributed by atoms with van der Waals surface area (Å²) in [4.78, 5) is 27.1. The predicted molar refractivity (Wildman–Crippen MR) is 128 cm³/mol. The highest BCUT2D eigenvalue weighted by atomic mass is 32.2. The van der Waals surface area contributed by atoms with E-state index in [0.717, 1.165) is 15.9 Å². The molecule has 0 aliphatic heterocycles. The van der Waals surface area contributed by atoms with Crippen molar-refractivity contribution in [1.82, 2.24) is 10.2 Å². The van der Waals surface area contributed by atoms with Gasteiger partial charge in [-0.05, 0) is 36.8 Å². The number of carbonyl (C=O) groups is 2. The fourth-order valence-corrected chi connectivity index (χ4v) is 4.90. The standard InChI is InChI=1S/C25H26FN3O4S/c1-19(25(31)27-2)28(17-20-11-5-3-6-12-20)24(30)18-29(23-16-10-9-15-22(23)26)34(32,33)21-13-7-4-8-14-21/h3-16,19H,17-18H2,1-2H3,(H,27,31)/t19-/m1/s1. The maximum atomic E-state index is 14.7. The molecule has 0 unspecified atom stereocenters. The lowest BCUT2D eigenvalue weighted by atomic mass is 10.1. The molecule has 0 aliphatic carbocycles. The molecule has 1 N–H and O–H groups in total. The maximum absolute atomic E-state index is 14.7. The first kappa shape index (κ1) is 24.9. The van der Waals surface area contributed by atoms with E-state index in [1.807, 2.05) is 6.07 Å². The molecule has 2 amide bonds. The van der Waals surface area contributed by atoms with Gasteiger partial charge in [-0.2, -0.15) is 0 Å². The number of benzene rings is 3. The Morgan fingerprint density at radius 3 is 2.06 bits per heavy atom. The molecule has 34 heavy (non-hydrogen) atoms. The summed E-state index contributed by atoms with van der Waals surface area (Å²) in [6.07, 6.45) is 0. The first-order chi connectivity index (χ1) is 16.3. The summed E-state index contributed by atoms with van der Waals surface area (Å²) >= 11 is 0. The molecule has 0 aromatic heterocycles. The van der Waals surface area contributed by atoms with Gasteiger partial charge in [0, 0.05) is 13.6 Å². The first-order valence-electron chi connectivity index (χ1n) is 10.6. The van der Waals surface area contributed by atoms with Gasteiger partial charge >= 0.3 is 0 Å². The van der Waals surface area contributed by atoms with E-state index in [-0.39, 0.29) is 17.1 Å². The molecular formula is C25H26FN3O4S. The Hall–Kier alpha value is -3.72. The van der Waals surface area contributed by atoms with Crippen molar-refractivity contribution in [2.24, 2.45) is 0 Å². The van der Waals surface area contributed by atoms with Crippen LogP contribution in [0.15, 0.2) is 89.8 Å². The predicted octanol–water partition coefficient (Wildman–Crippen LogP) is 3.18. The fourth-order valence-electron chi connectivity index (χ4n) is 3.46. The van der Waals surface area contributed by atoms with Crippen molar-refractivity contribution >= 4 is 27.5 Å². The van der Waals surface area contributed by atoms with Gasteiger partial charge in [-0.15, -0.1) is 0 Å². The third-order valence-electron chi connectivity index (χ3n) is 5.34. The number of hydrogen-bond donors (Lipinski definition) is 1. The van der Waals surface area contributed by atoms with E-state index in [4.69, 9.17) is 0 Å². The summed E-state index contributed by atoms with van der Waals surface area (Å²) in [5.41, 5.74) is 0.502. The lowest BCUT2D eigenvalue weighted by Gasteiger charge is -2.31. The highest BCUT2D eigenvalue weighted by molar-refractivity contribution is 7.92. The topological polar surface area (TPSA) is 86.8 Å². The second-order valence-corrected chi connectivity index (χ2v) is 9.44. The van der Waals surface area contributed by atoms with Gasteiger partial charge in [0.2, 0.25) is 11.8 Å². The second-order valence-electron chi connectivity index (χ2n) is 7.57. The van der Waals surface area contributed by atoms with Crippen LogP contribution in [0.25, 0.3) is 0 Å². The highest BCUT2D eigenvalue weighted by Gasteiger charge is 2.33. The van der Waals surface area contributed by atoms with Gasteiger partial charge in [0.1, 0.15) is 18.4 Å². The van der Waals surface area contributed by atoms with E-state index in [1.165, 1.54) is 42.3 Å². The number of para-hydroxylation sites is 1. The Kier molecular flexibility index (Phi) is 8.01. The number of hydrogen-bond acceptors (Lipinski definition) is 4. The molecule has 7 nitrogen and oxygen atoms in total. The van der Waals surface area contributed by atoms with Crippen LogP contribution in [-0.4, -0.2) is 44.8 Å². The van der Waals surface area contributed by atoms with Crippen molar-refractivity contribution in [3.8, 4) is 0 Å². The van der Waals surface area contributed by atoms with E-state index in [2.05, 4.69) is 5.32 Å². The van der Waals surface area contributed by atoms with E-state index >= 15 is 0 Å². The molecule has 3 aromatic carbocycles. The van der Waals surface area contributed by atoms with Crippen molar-refractivity contribution in [2.45, 2.75) is 24.4 Å². The summed E-state index contributed by atoms with van der Waals surface area (Å²) in [7, 11) is -2.83. The summed E-state index contributed by atoms with van der Waals surface area (Å²) in [5.74, 6) is -1.85. The molecule has 0 saturated heterocycles. The number of sulfonamides is 1. The largest absolute Gasteiger partial charge is 0.357 e. The molecule has 0 bridgehead atoms. The van der Waals surface area contributed by atoms with Crippen molar-refractivity contribution in [1.29, 1.82) is 0 Å². The van der Waals surface area contributed by atoms with Crippen LogP contribution in [0, 0.1) is 5.82 Å². The second kappa shape index (κ2) is 10.9. The van der Waals surface area contributed by atoms with Gasteiger partial charge in [-0.1, -0.05) is 60.7 Å². The Morgan fingerprint density at radius 1 is 0.912 bits per heavy atom. The Morgan fingerprint density at radius 2 is 1.47 bits per heavy atom. The molecule has 3 aromatic rings. The monoisotopic (exact) mass is 483 g/mol. The molecule has 3 rings (SSSR count). The van der Waals surface area contributed by atoms with Crippen LogP contribution in [0.4, 0.5) is 10.1 Å². The zero-order chi connectivity index (χ0) is 24.7. The summed E-state index contributed by atoms with van der Waals surface area (Å²) < 4.78 is 42.4. The first-order valence-corrected chi connectivity index (χ1v) is 12.1. The van der Waals surface area contributed by atoms with Gasteiger partial charge < -0.3 is 10.2 Å². The average Bonchev–Trinajstić information content (AvgIpc) is 2.86. The lowest BCUT2D eigenvalue weighted by molar-refractivity contribution is -0.139. The quantitative estimate of drug-likeness (QED) is 0.507. The number of halogens is 1. The molecule has 0 saturated carbocycles. The third kappa shape index (κ3) is 5.60.